The number of benzene rings is 1. The Kier molecular flexibility index (Phi) is 7.79. The van der Waals surface area contributed by atoms with E-state index in [0.717, 1.165) is 44.4 Å². The fourth-order valence-corrected chi connectivity index (χ4v) is 3.84. The second-order valence-corrected chi connectivity index (χ2v) is 7.16. The fourth-order valence-electron chi connectivity index (χ4n) is 3.84. The summed E-state index contributed by atoms with van der Waals surface area (Å²) in [5.74, 6) is 1.79. The lowest BCUT2D eigenvalue weighted by atomic mass is 10.0. The van der Waals surface area contributed by atoms with Gasteiger partial charge < -0.3 is 19.9 Å². The monoisotopic (exact) mass is 383 g/mol. The van der Waals surface area contributed by atoms with Crippen LogP contribution in [-0.4, -0.2) is 55.8 Å². The summed E-state index contributed by atoms with van der Waals surface area (Å²) >= 11 is 0. The highest BCUT2D eigenvalue weighted by Gasteiger charge is 2.25. The highest BCUT2D eigenvalue weighted by molar-refractivity contribution is 5.79. The van der Waals surface area contributed by atoms with Gasteiger partial charge in [-0.1, -0.05) is 24.6 Å². The van der Waals surface area contributed by atoms with Crippen LogP contribution in [0.2, 0.25) is 0 Å². The van der Waals surface area contributed by atoms with Gasteiger partial charge in [-0.3, -0.25) is 9.89 Å². The van der Waals surface area contributed by atoms with Crippen molar-refractivity contribution in [3.63, 3.8) is 0 Å². The van der Waals surface area contributed by atoms with Gasteiger partial charge in [-0.15, -0.1) is 0 Å². The van der Waals surface area contributed by atoms with Crippen molar-refractivity contribution in [1.29, 1.82) is 0 Å². The molecule has 0 aliphatic carbocycles. The lowest BCUT2D eigenvalue weighted by molar-refractivity contribution is 0.161. The third-order valence-corrected chi connectivity index (χ3v) is 5.34. The predicted molar refractivity (Wildman–Crippen MR) is 115 cm³/mol. The van der Waals surface area contributed by atoms with Gasteiger partial charge in [0.2, 0.25) is 0 Å². The molecule has 28 heavy (non-hydrogen) atoms. The first kappa shape index (κ1) is 20.3. The SMILES string of the molecule is CN=C(NCCn1cccc1)NCC(c1ccccc1OC)N1CCCCC1. The Morgan fingerprint density at radius 3 is 2.54 bits per heavy atom. The summed E-state index contributed by atoms with van der Waals surface area (Å²) in [7, 11) is 3.57. The van der Waals surface area contributed by atoms with Gasteiger partial charge in [0.25, 0.3) is 0 Å². The van der Waals surface area contributed by atoms with Gasteiger partial charge in [-0.2, -0.15) is 0 Å². The molecule has 1 aliphatic rings. The standard InChI is InChI=1S/C22H33N5O/c1-23-22(24-12-17-26-13-8-9-14-26)25-18-20(27-15-6-3-7-16-27)19-10-4-5-11-21(19)28-2/h4-5,8-11,13-14,20H,3,6-7,12,15-18H2,1-2H3,(H2,23,24,25). The minimum absolute atomic E-state index is 0.263. The van der Waals surface area contributed by atoms with Crippen LogP contribution in [0.25, 0.3) is 0 Å². The van der Waals surface area contributed by atoms with Gasteiger partial charge in [0.1, 0.15) is 5.75 Å². The number of nitrogens with one attached hydrogen (secondary N) is 2. The maximum atomic E-state index is 5.65. The number of aliphatic imine (C=N–C) groups is 1. The van der Waals surface area contributed by atoms with E-state index in [4.69, 9.17) is 4.74 Å². The molecule has 0 amide bonds. The van der Waals surface area contributed by atoms with Gasteiger partial charge in [0, 0.05) is 44.6 Å². The first-order valence-electron chi connectivity index (χ1n) is 10.2. The molecule has 0 bridgehead atoms. The molecule has 2 heterocycles. The smallest absolute Gasteiger partial charge is 0.191 e. The number of para-hydroxylation sites is 1. The molecule has 1 atom stereocenters. The first-order valence-corrected chi connectivity index (χ1v) is 10.2. The number of likely N-dealkylation sites (tertiary alicyclic amines) is 1. The summed E-state index contributed by atoms with van der Waals surface area (Å²) in [5, 5.41) is 6.94. The van der Waals surface area contributed by atoms with E-state index in [1.54, 1.807) is 7.11 Å². The highest BCUT2D eigenvalue weighted by atomic mass is 16.5. The molecule has 2 N–H and O–H groups in total. The number of hydrogen-bond acceptors (Lipinski definition) is 3. The number of piperidine rings is 1. The van der Waals surface area contributed by atoms with Crippen LogP contribution < -0.4 is 15.4 Å². The molecular formula is C22H33N5O. The van der Waals surface area contributed by atoms with Crippen molar-refractivity contribution >= 4 is 5.96 Å². The molecule has 0 saturated carbocycles. The van der Waals surface area contributed by atoms with Crippen molar-refractivity contribution in [2.45, 2.75) is 31.8 Å². The van der Waals surface area contributed by atoms with Crippen molar-refractivity contribution in [1.82, 2.24) is 20.1 Å². The third kappa shape index (κ3) is 5.52. The van der Waals surface area contributed by atoms with E-state index < -0.39 is 0 Å². The van der Waals surface area contributed by atoms with Gasteiger partial charge in [-0.25, -0.2) is 0 Å². The van der Waals surface area contributed by atoms with Crippen molar-refractivity contribution in [3.8, 4) is 5.75 Å². The highest BCUT2D eigenvalue weighted by Crippen LogP contribution is 2.30. The van der Waals surface area contributed by atoms with E-state index in [9.17, 15) is 0 Å². The Labute approximate surface area is 168 Å². The minimum Gasteiger partial charge on any atom is -0.496 e. The maximum Gasteiger partial charge on any atom is 0.191 e. The summed E-state index contributed by atoms with van der Waals surface area (Å²) in [4.78, 5) is 6.97. The molecule has 1 fully saturated rings. The molecule has 152 valence electrons. The number of guanidine groups is 1. The lowest BCUT2D eigenvalue weighted by Crippen LogP contribution is -2.45. The summed E-state index contributed by atoms with van der Waals surface area (Å²) in [6.45, 7) is 4.80. The van der Waals surface area contributed by atoms with Crippen molar-refractivity contribution in [2.75, 3.05) is 40.3 Å². The lowest BCUT2D eigenvalue weighted by Gasteiger charge is -2.35. The Morgan fingerprint density at radius 1 is 1.07 bits per heavy atom. The number of methoxy groups -OCH3 is 1. The first-order chi connectivity index (χ1) is 13.8. The summed E-state index contributed by atoms with van der Waals surface area (Å²) in [5.41, 5.74) is 1.24. The molecule has 1 unspecified atom stereocenters. The maximum absolute atomic E-state index is 5.65. The van der Waals surface area contributed by atoms with Crippen LogP contribution in [0, 0.1) is 0 Å². The van der Waals surface area contributed by atoms with E-state index in [1.807, 2.05) is 25.2 Å². The molecule has 6 nitrogen and oxygen atoms in total. The number of hydrogen-bond donors (Lipinski definition) is 2. The Balaban J connectivity index is 1.63. The fraction of sp³-hybridized carbons (Fsp3) is 0.500. The Bertz CT molecular complexity index is 722. The molecule has 6 heteroatoms. The zero-order valence-electron chi connectivity index (χ0n) is 17.1. The van der Waals surface area contributed by atoms with Crippen LogP contribution in [0.1, 0.15) is 30.9 Å². The van der Waals surface area contributed by atoms with Crippen LogP contribution in [-0.2, 0) is 6.54 Å². The van der Waals surface area contributed by atoms with Crippen molar-refractivity contribution < 1.29 is 4.74 Å². The molecule has 2 aromatic rings. The van der Waals surface area contributed by atoms with E-state index >= 15 is 0 Å². The zero-order chi connectivity index (χ0) is 19.6. The van der Waals surface area contributed by atoms with Crippen LogP contribution >= 0.6 is 0 Å². The molecule has 1 aromatic carbocycles. The molecule has 0 spiro atoms. The summed E-state index contributed by atoms with van der Waals surface area (Å²) in [6, 6.07) is 12.7. The van der Waals surface area contributed by atoms with Crippen LogP contribution in [0.3, 0.4) is 0 Å². The molecule has 0 radical (unpaired) electrons. The normalized spacial score (nSPS) is 16.6. The van der Waals surface area contributed by atoms with Crippen molar-refractivity contribution in [2.24, 2.45) is 4.99 Å². The molecule has 3 rings (SSSR count). The minimum atomic E-state index is 0.263. The largest absolute Gasteiger partial charge is 0.496 e. The Morgan fingerprint density at radius 2 is 1.82 bits per heavy atom. The molecule has 1 saturated heterocycles. The molecular weight excluding hydrogens is 350 g/mol. The summed E-state index contributed by atoms with van der Waals surface area (Å²) in [6.07, 6.45) is 7.99. The number of nitrogens with zero attached hydrogens (tertiary/aromatic N) is 3. The third-order valence-electron chi connectivity index (χ3n) is 5.34. The topological polar surface area (TPSA) is 53.8 Å². The number of rotatable bonds is 8. The van der Waals surface area contributed by atoms with Gasteiger partial charge in [-0.05, 0) is 44.1 Å². The van der Waals surface area contributed by atoms with Crippen LogP contribution in [0.4, 0.5) is 0 Å². The molecule has 1 aliphatic heterocycles. The Hall–Kier alpha value is -2.47. The van der Waals surface area contributed by atoms with Crippen molar-refractivity contribution in [3.05, 3.63) is 54.4 Å². The second-order valence-electron chi connectivity index (χ2n) is 7.16. The van der Waals surface area contributed by atoms with E-state index in [2.05, 4.69) is 55.7 Å². The van der Waals surface area contributed by atoms with E-state index in [1.165, 1.54) is 24.8 Å². The second kappa shape index (κ2) is 10.8. The average Bonchev–Trinajstić information content (AvgIpc) is 3.27. The zero-order valence-corrected chi connectivity index (χ0v) is 17.1. The number of aromatic nitrogens is 1. The predicted octanol–water partition coefficient (Wildman–Crippen LogP) is 2.89. The van der Waals surface area contributed by atoms with E-state index in [0.29, 0.717) is 0 Å². The average molecular weight is 384 g/mol. The number of ether oxygens (including phenoxy) is 1. The van der Waals surface area contributed by atoms with Gasteiger partial charge in [0.05, 0.1) is 13.2 Å². The quantitative estimate of drug-likeness (QED) is 0.544. The summed E-state index contributed by atoms with van der Waals surface area (Å²) < 4.78 is 7.81. The van der Waals surface area contributed by atoms with Gasteiger partial charge >= 0.3 is 0 Å². The van der Waals surface area contributed by atoms with Crippen LogP contribution in [0.15, 0.2) is 53.8 Å². The van der Waals surface area contributed by atoms with E-state index in [-0.39, 0.29) is 6.04 Å². The molecule has 1 aromatic heterocycles. The van der Waals surface area contributed by atoms with Crippen LogP contribution in [0.5, 0.6) is 5.75 Å². The van der Waals surface area contributed by atoms with Gasteiger partial charge in [0.15, 0.2) is 5.96 Å².